The number of anilines is 1. The minimum Gasteiger partial charge on any atom is -0.490 e. The van der Waals surface area contributed by atoms with Gasteiger partial charge in [0.2, 0.25) is 5.91 Å². The standard InChI is InChI=1S/C26H27F2N5O5S/c1-5-37-19-10-7-15(11-20(19)38-6-2)13-33-22-23(31(3)26(36)32(4)24(22)35)30-25(33)39-14-21(34)29-18-9-8-16(27)12-17(18)28/h7-12H,5-6,13-14H2,1-4H3,(H,29,34). The maximum atomic E-state index is 14.0. The Kier molecular flexibility index (Phi) is 8.38. The number of hydrogen-bond acceptors (Lipinski definition) is 7. The number of halogens is 2. The molecule has 0 radical (unpaired) electrons. The van der Waals surface area contributed by atoms with Crippen LogP contribution in [0.5, 0.6) is 11.5 Å². The fraction of sp³-hybridized carbons (Fsp3) is 0.308. The summed E-state index contributed by atoms with van der Waals surface area (Å²) < 4.78 is 42.4. The monoisotopic (exact) mass is 559 g/mol. The fourth-order valence-electron chi connectivity index (χ4n) is 3.97. The zero-order chi connectivity index (χ0) is 28.3. The van der Waals surface area contributed by atoms with Crippen LogP contribution in [-0.4, -0.2) is 43.6 Å². The summed E-state index contributed by atoms with van der Waals surface area (Å²) in [7, 11) is 2.88. The summed E-state index contributed by atoms with van der Waals surface area (Å²) in [5, 5.41) is 2.70. The summed E-state index contributed by atoms with van der Waals surface area (Å²) in [6.45, 7) is 4.78. The van der Waals surface area contributed by atoms with Crippen molar-refractivity contribution in [1.29, 1.82) is 0 Å². The Morgan fingerprint density at radius 2 is 1.72 bits per heavy atom. The molecule has 0 bridgehead atoms. The largest absolute Gasteiger partial charge is 0.490 e. The Balaban J connectivity index is 1.71. The lowest BCUT2D eigenvalue weighted by Crippen LogP contribution is -2.37. The lowest BCUT2D eigenvalue weighted by Gasteiger charge is -2.14. The number of aromatic nitrogens is 4. The van der Waals surface area contributed by atoms with Gasteiger partial charge in [-0.05, 0) is 43.7 Å². The number of fused-ring (bicyclic) bond motifs is 1. The number of rotatable bonds is 10. The SMILES string of the molecule is CCOc1ccc(Cn2c(SCC(=O)Nc3ccc(F)cc3F)nc3c2c(=O)n(C)c(=O)n3C)cc1OCC. The van der Waals surface area contributed by atoms with E-state index in [1.54, 1.807) is 16.7 Å². The molecule has 2 aromatic carbocycles. The first-order valence-electron chi connectivity index (χ1n) is 12.1. The third kappa shape index (κ3) is 5.82. The molecule has 4 rings (SSSR count). The highest BCUT2D eigenvalue weighted by Crippen LogP contribution is 2.30. The molecule has 206 valence electrons. The van der Waals surface area contributed by atoms with Gasteiger partial charge >= 0.3 is 5.69 Å². The Hall–Kier alpha value is -4.13. The fourth-order valence-corrected chi connectivity index (χ4v) is 4.76. The molecule has 0 aliphatic heterocycles. The van der Waals surface area contributed by atoms with E-state index < -0.39 is 28.8 Å². The van der Waals surface area contributed by atoms with E-state index >= 15 is 0 Å². The molecule has 10 nitrogen and oxygen atoms in total. The van der Waals surface area contributed by atoms with Crippen LogP contribution < -0.4 is 26.0 Å². The summed E-state index contributed by atoms with van der Waals surface area (Å²) in [5.41, 5.74) is -0.147. The number of benzene rings is 2. The average molecular weight is 560 g/mol. The summed E-state index contributed by atoms with van der Waals surface area (Å²) in [6.07, 6.45) is 0. The van der Waals surface area contributed by atoms with Crippen molar-refractivity contribution in [2.24, 2.45) is 14.1 Å². The second-order valence-corrected chi connectivity index (χ2v) is 9.41. The van der Waals surface area contributed by atoms with Gasteiger partial charge in [-0.15, -0.1) is 0 Å². The minimum atomic E-state index is -0.903. The Morgan fingerprint density at radius 1 is 1.00 bits per heavy atom. The topological polar surface area (TPSA) is 109 Å². The number of ether oxygens (including phenoxy) is 2. The number of carbonyl (C=O) groups excluding carboxylic acids is 1. The van der Waals surface area contributed by atoms with Crippen molar-refractivity contribution in [3.63, 3.8) is 0 Å². The zero-order valence-corrected chi connectivity index (χ0v) is 22.6. The molecule has 2 aromatic heterocycles. The van der Waals surface area contributed by atoms with Gasteiger partial charge in [-0.25, -0.2) is 18.6 Å². The number of aryl methyl sites for hydroxylation is 1. The minimum absolute atomic E-state index is 0.159. The molecular formula is C26H27F2N5O5S. The van der Waals surface area contributed by atoms with E-state index in [2.05, 4.69) is 10.3 Å². The number of thioether (sulfide) groups is 1. The van der Waals surface area contributed by atoms with Crippen molar-refractivity contribution in [2.45, 2.75) is 25.5 Å². The number of imidazole rings is 1. The molecule has 4 aromatic rings. The van der Waals surface area contributed by atoms with Crippen molar-refractivity contribution in [3.05, 3.63) is 74.4 Å². The van der Waals surface area contributed by atoms with Crippen LogP contribution in [-0.2, 0) is 25.4 Å². The molecule has 0 saturated heterocycles. The molecule has 0 fully saturated rings. The molecule has 1 amide bonds. The second-order valence-electron chi connectivity index (χ2n) is 8.47. The highest BCUT2D eigenvalue weighted by molar-refractivity contribution is 7.99. The van der Waals surface area contributed by atoms with Crippen molar-refractivity contribution in [2.75, 3.05) is 24.3 Å². The lowest BCUT2D eigenvalue weighted by atomic mass is 10.2. The molecule has 0 aliphatic rings. The molecule has 1 N–H and O–H groups in total. The van der Waals surface area contributed by atoms with Gasteiger partial charge in [0.25, 0.3) is 5.56 Å². The molecule has 0 saturated carbocycles. The number of hydrogen-bond donors (Lipinski definition) is 1. The van der Waals surface area contributed by atoms with Gasteiger partial charge in [0.15, 0.2) is 27.8 Å². The quantitative estimate of drug-likeness (QED) is 0.297. The molecule has 13 heteroatoms. The molecule has 0 atom stereocenters. The molecule has 0 aliphatic carbocycles. The highest BCUT2D eigenvalue weighted by Gasteiger charge is 2.21. The van der Waals surface area contributed by atoms with Crippen molar-refractivity contribution in [3.8, 4) is 11.5 Å². The van der Waals surface area contributed by atoms with E-state index in [1.165, 1.54) is 18.7 Å². The lowest BCUT2D eigenvalue weighted by molar-refractivity contribution is -0.113. The maximum absolute atomic E-state index is 14.0. The number of amides is 1. The van der Waals surface area contributed by atoms with E-state index in [-0.39, 0.29) is 29.1 Å². The number of nitrogens with zero attached hydrogens (tertiary/aromatic N) is 4. The third-order valence-corrected chi connectivity index (χ3v) is 6.78. The van der Waals surface area contributed by atoms with Crippen molar-refractivity contribution >= 4 is 34.5 Å². The summed E-state index contributed by atoms with van der Waals surface area (Å²) in [6, 6.07) is 8.23. The predicted octanol–water partition coefficient (Wildman–Crippen LogP) is 3.29. The van der Waals surface area contributed by atoms with Crippen LogP contribution in [0.1, 0.15) is 19.4 Å². The van der Waals surface area contributed by atoms with Crippen LogP contribution in [0.25, 0.3) is 11.2 Å². The highest BCUT2D eigenvalue weighted by atomic mass is 32.2. The maximum Gasteiger partial charge on any atom is 0.332 e. The summed E-state index contributed by atoms with van der Waals surface area (Å²) >= 11 is 1.01. The van der Waals surface area contributed by atoms with Gasteiger partial charge in [-0.1, -0.05) is 17.8 Å². The molecular weight excluding hydrogens is 532 g/mol. The first-order valence-corrected chi connectivity index (χ1v) is 13.1. The summed E-state index contributed by atoms with van der Waals surface area (Å²) in [5.74, 6) is -1.30. The van der Waals surface area contributed by atoms with Gasteiger partial charge in [0.1, 0.15) is 11.6 Å². The van der Waals surface area contributed by atoms with E-state index in [9.17, 15) is 23.2 Å². The van der Waals surface area contributed by atoms with Crippen molar-refractivity contribution < 1.29 is 23.0 Å². The first kappa shape index (κ1) is 27.9. The molecule has 39 heavy (non-hydrogen) atoms. The van der Waals surface area contributed by atoms with Crippen LogP contribution in [0, 0.1) is 11.6 Å². The number of nitrogens with one attached hydrogen (secondary N) is 1. The third-order valence-electron chi connectivity index (χ3n) is 5.80. The smallest absolute Gasteiger partial charge is 0.332 e. The summed E-state index contributed by atoms with van der Waals surface area (Å²) in [4.78, 5) is 42.8. The Bertz CT molecular complexity index is 1660. The van der Waals surface area contributed by atoms with Crippen LogP contribution >= 0.6 is 11.8 Å². The van der Waals surface area contributed by atoms with Gasteiger partial charge < -0.3 is 19.4 Å². The molecule has 2 heterocycles. The van der Waals surface area contributed by atoms with E-state index in [4.69, 9.17) is 9.47 Å². The first-order chi connectivity index (χ1) is 18.6. The van der Waals surface area contributed by atoms with Gasteiger partial charge in [-0.2, -0.15) is 0 Å². The normalized spacial score (nSPS) is 11.1. The Labute approximate surface area is 226 Å². The van der Waals surface area contributed by atoms with Crippen LogP contribution in [0.2, 0.25) is 0 Å². The van der Waals surface area contributed by atoms with E-state index in [1.807, 2.05) is 19.9 Å². The van der Waals surface area contributed by atoms with E-state index in [0.29, 0.717) is 35.9 Å². The van der Waals surface area contributed by atoms with Gasteiger partial charge in [-0.3, -0.25) is 18.7 Å². The van der Waals surface area contributed by atoms with Crippen LogP contribution in [0.3, 0.4) is 0 Å². The van der Waals surface area contributed by atoms with Gasteiger partial charge in [0.05, 0.1) is 31.2 Å². The van der Waals surface area contributed by atoms with Crippen LogP contribution in [0.15, 0.2) is 51.1 Å². The molecule has 0 spiro atoms. The Morgan fingerprint density at radius 3 is 2.41 bits per heavy atom. The predicted molar refractivity (Wildman–Crippen MR) is 144 cm³/mol. The number of carbonyl (C=O) groups is 1. The van der Waals surface area contributed by atoms with Crippen LogP contribution in [0.4, 0.5) is 14.5 Å². The molecule has 0 unspecified atom stereocenters. The van der Waals surface area contributed by atoms with Gasteiger partial charge in [0, 0.05) is 20.2 Å². The average Bonchev–Trinajstić information content (AvgIpc) is 3.26. The zero-order valence-electron chi connectivity index (χ0n) is 21.8. The van der Waals surface area contributed by atoms with Crippen molar-refractivity contribution in [1.82, 2.24) is 18.7 Å². The van der Waals surface area contributed by atoms with E-state index in [0.717, 1.165) is 34.0 Å². The second kappa shape index (κ2) is 11.7.